The van der Waals surface area contributed by atoms with Gasteiger partial charge in [0.25, 0.3) is 0 Å². The first-order valence-corrected chi connectivity index (χ1v) is 10.2. The molecule has 0 unspecified atom stereocenters. The molecule has 4 rings (SSSR count). The molecule has 0 fully saturated rings. The van der Waals surface area contributed by atoms with Crippen LogP contribution in [0.4, 0.5) is 0 Å². The second kappa shape index (κ2) is 8.56. The maximum atomic E-state index is 9.74. The maximum Gasteiger partial charge on any atom is 0.246 e. The standard InChI is InChI=1S/C24H21ClN4O/c1-3-4-23-27-24(30-28-23)15-29-14-19(21-10-9-20(25)12-22(21)29)11-18(13-26)17-7-5-16(2)6-8-17/h5-12,14H,3-4,15H2,1-2H3/b18-11+. The third-order valence-corrected chi connectivity index (χ3v) is 5.18. The minimum atomic E-state index is 0.438. The van der Waals surface area contributed by atoms with Crippen LogP contribution in [0.5, 0.6) is 0 Å². The van der Waals surface area contributed by atoms with Crippen LogP contribution in [0.3, 0.4) is 0 Å². The largest absolute Gasteiger partial charge is 0.337 e. The van der Waals surface area contributed by atoms with Crippen molar-refractivity contribution in [2.45, 2.75) is 33.2 Å². The number of hydrogen-bond donors (Lipinski definition) is 0. The lowest BCUT2D eigenvalue weighted by atomic mass is 10.0. The Kier molecular flexibility index (Phi) is 5.69. The maximum absolute atomic E-state index is 9.74. The van der Waals surface area contributed by atoms with Crippen molar-refractivity contribution in [1.82, 2.24) is 14.7 Å². The van der Waals surface area contributed by atoms with Gasteiger partial charge in [0, 0.05) is 28.6 Å². The Hall–Kier alpha value is -3.36. The number of nitriles is 1. The van der Waals surface area contributed by atoms with Crippen molar-refractivity contribution in [3.63, 3.8) is 0 Å². The van der Waals surface area contributed by atoms with Crippen LogP contribution >= 0.6 is 11.6 Å². The summed E-state index contributed by atoms with van der Waals surface area (Å²) < 4.78 is 7.44. The first kappa shape index (κ1) is 19.9. The Morgan fingerprint density at radius 3 is 2.77 bits per heavy atom. The molecular weight excluding hydrogens is 396 g/mol. The molecule has 2 aromatic heterocycles. The molecule has 0 saturated carbocycles. The van der Waals surface area contributed by atoms with E-state index in [4.69, 9.17) is 16.1 Å². The molecule has 0 N–H and O–H groups in total. The normalized spacial score (nSPS) is 11.7. The molecule has 2 aromatic carbocycles. The summed E-state index contributed by atoms with van der Waals surface area (Å²) in [5.74, 6) is 1.26. The number of halogens is 1. The Balaban J connectivity index is 1.76. The van der Waals surface area contributed by atoms with E-state index in [9.17, 15) is 5.26 Å². The fourth-order valence-electron chi connectivity index (χ4n) is 3.43. The lowest BCUT2D eigenvalue weighted by molar-refractivity contribution is 0.367. The van der Waals surface area contributed by atoms with Crippen molar-refractivity contribution in [3.8, 4) is 6.07 Å². The van der Waals surface area contributed by atoms with Gasteiger partial charge in [-0.1, -0.05) is 59.6 Å². The van der Waals surface area contributed by atoms with Crippen LogP contribution in [0, 0.1) is 18.3 Å². The molecule has 0 saturated heterocycles. The molecule has 0 aliphatic rings. The topological polar surface area (TPSA) is 67.6 Å². The van der Waals surface area contributed by atoms with Crippen LogP contribution in [0.1, 0.15) is 41.8 Å². The molecule has 6 heteroatoms. The highest BCUT2D eigenvalue weighted by Crippen LogP contribution is 2.29. The van der Waals surface area contributed by atoms with Gasteiger partial charge in [0.15, 0.2) is 5.82 Å². The van der Waals surface area contributed by atoms with E-state index in [0.29, 0.717) is 28.9 Å². The monoisotopic (exact) mass is 416 g/mol. The smallest absolute Gasteiger partial charge is 0.246 e. The van der Waals surface area contributed by atoms with Gasteiger partial charge in [0.05, 0.1) is 17.2 Å². The Bertz CT molecular complexity index is 1260. The van der Waals surface area contributed by atoms with Gasteiger partial charge in [0.2, 0.25) is 5.89 Å². The zero-order chi connectivity index (χ0) is 21.1. The summed E-state index contributed by atoms with van der Waals surface area (Å²) in [6.07, 6.45) is 5.66. The number of aryl methyl sites for hydroxylation is 2. The molecule has 0 aliphatic carbocycles. The summed E-state index contributed by atoms with van der Waals surface area (Å²) in [6.45, 7) is 4.55. The van der Waals surface area contributed by atoms with Crippen molar-refractivity contribution < 1.29 is 4.52 Å². The molecule has 0 bridgehead atoms. The van der Waals surface area contributed by atoms with Crippen LogP contribution in [0.15, 0.2) is 53.2 Å². The lowest BCUT2D eigenvalue weighted by Crippen LogP contribution is -1.98. The van der Waals surface area contributed by atoms with E-state index >= 15 is 0 Å². The minimum absolute atomic E-state index is 0.438. The molecule has 2 heterocycles. The van der Waals surface area contributed by atoms with E-state index in [2.05, 4.69) is 23.1 Å². The Morgan fingerprint density at radius 2 is 2.03 bits per heavy atom. The van der Waals surface area contributed by atoms with E-state index in [1.165, 1.54) is 0 Å². The third kappa shape index (κ3) is 4.14. The molecule has 0 spiro atoms. The van der Waals surface area contributed by atoms with Crippen LogP contribution in [-0.2, 0) is 13.0 Å². The summed E-state index contributed by atoms with van der Waals surface area (Å²) in [7, 11) is 0. The molecular formula is C24H21ClN4O. The number of fused-ring (bicyclic) bond motifs is 1. The molecule has 30 heavy (non-hydrogen) atoms. The third-order valence-electron chi connectivity index (χ3n) is 4.95. The number of benzene rings is 2. The fraction of sp³-hybridized carbons (Fsp3) is 0.208. The minimum Gasteiger partial charge on any atom is -0.337 e. The molecule has 4 aromatic rings. The van der Waals surface area contributed by atoms with E-state index in [-0.39, 0.29) is 0 Å². The van der Waals surface area contributed by atoms with Crippen molar-refractivity contribution >= 4 is 34.2 Å². The van der Waals surface area contributed by atoms with Gasteiger partial charge in [-0.05, 0) is 37.1 Å². The molecule has 0 aliphatic heterocycles. The molecule has 0 amide bonds. The summed E-state index contributed by atoms with van der Waals surface area (Å²) in [4.78, 5) is 4.47. The molecule has 5 nitrogen and oxygen atoms in total. The van der Waals surface area contributed by atoms with Crippen LogP contribution in [-0.4, -0.2) is 14.7 Å². The molecule has 0 radical (unpaired) electrons. The van der Waals surface area contributed by atoms with Crippen LogP contribution in [0.2, 0.25) is 5.02 Å². The summed E-state index contributed by atoms with van der Waals surface area (Å²) >= 11 is 6.26. The number of rotatable bonds is 6. The predicted molar refractivity (Wildman–Crippen MR) is 119 cm³/mol. The SMILES string of the molecule is CCCc1noc(Cn2cc(/C=C(\C#N)c3ccc(C)cc3)c3ccc(Cl)cc32)n1. The Morgan fingerprint density at radius 1 is 1.23 bits per heavy atom. The summed E-state index contributed by atoms with van der Waals surface area (Å²) in [6, 6.07) is 16.0. The van der Waals surface area contributed by atoms with E-state index in [1.807, 2.05) is 66.2 Å². The average molecular weight is 417 g/mol. The number of aromatic nitrogens is 3. The van der Waals surface area contributed by atoms with E-state index in [0.717, 1.165) is 40.4 Å². The second-order valence-corrected chi connectivity index (χ2v) is 7.70. The number of nitrogens with zero attached hydrogens (tertiary/aromatic N) is 4. The highest BCUT2D eigenvalue weighted by Gasteiger charge is 2.13. The summed E-state index contributed by atoms with van der Waals surface area (Å²) in [5.41, 5.74) is 4.53. The van der Waals surface area contributed by atoms with Gasteiger partial charge in [-0.25, -0.2) is 0 Å². The van der Waals surface area contributed by atoms with Gasteiger partial charge in [-0.15, -0.1) is 0 Å². The van der Waals surface area contributed by atoms with Gasteiger partial charge < -0.3 is 9.09 Å². The highest BCUT2D eigenvalue weighted by molar-refractivity contribution is 6.31. The van der Waals surface area contributed by atoms with Gasteiger partial charge in [0.1, 0.15) is 6.54 Å². The molecule has 0 atom stereocenters. The first-order chi connectivity index (χ1) is 14.6. The number of allylic oxidation sites excluding steroid dienone is 1. The van der Waals surface area contributed by atoms with Gasteiger partial charge >= 0.3 is 0 Å². The van der Waals surface area contributed by atoms with E-state index in [1.54, 1.807) is 0 Å². The van der Waals surface area contributed by atoms with Crippen molar-refractivity contribution in [2.75, 3.05) is 0 Å². The zero-order valence-corrected chi connectivity index (χ0v) is 17.6. The van der Waals surface area contributed by atoms with E-state index < -0.39 is 0 Å². The second-order valence-electron chi connectivity index (χ2n) is 7.26. The predicted octanol–water partition coefficient (Wildman–Crippen LogP) is 6.05. The average Bonchev–Trinajstić information content (AvgIpc) is 3.32. The summed E-state index contributed by atoms with van der Waals surface area (Å²) in [5, 5.41) is 15.4. The van der Waals surface area contributed by atoms with Crippen LogP contribution in [0.25, 0.3) is 22.6 Å². The van der Waals surface area contributed by atoms with Crippen molar-refractivity contribution in [2.24, 2.45) is 0 Å². The quantitative estimate of drug-likeness (QED) is 0.359. The highest BCUT2D eigenvalue weighted by atomic mass is 35.5. The lowest BCUT2D eigenvalue weighted by Gasteiger charge is -2.01. The van der Waals surface area contributed by atoms with Gasteiger partial charge in [-0.3, -0.25) is 0 Å². The molecule has 150 valence electrons. The zero-order valence-electron chi connectivity index (χ0n) is 16.9. The first-order valence-electron chi connectivity index (χ1n) is 9.86. The Labute approximate surface area is 180 Å². The van der Waals surface area contributed by atoms with Crippen LogP contribution < -0.4 is 0 Å². The number of hydrogen-bond acceptors (Lipinski definition) is 4. The van der Waals surface area contributed by atoms with Gasteiger partial charge in [-0.2, -0.15) is 10.2 Å². The van der Waals surface area contributed by atoms with Crippen molar-refractivity contribution in [3.05, 3.63) is 82.1 Å². The fourth-order valence-corrected chi connectivity index (χ4v) is 3.60. The van der Waals surface area contributed by atoms with Crippen molar-refractivity contribution in [1.29, 1.82) is 5.26 Å².